The molecule has 3 N–H and O–H groups in total. The Morgan fingerprint density at radius 3 is 2.65 bits per heavy atom. The molecule has 1 fully saturated rings. The average Bonchev–Trinajstić information content (AvgIpc) is 2.54. The van der Waals surface area contributed by atoms with E-state index in [0.29, 0.717) is 5.58 Å². The van der Waals surface area contributed by atoms with Crippen molar-refractivity contribution in [1.82, 2.24) is 0 Å². The van der Waals surface area contributed by atoms with Crippen LogP contribution in [0.5, 0.6) is 0 Å². The molecule has 0 atom stereocenters. The first kappa shape index (κ1) is 16.2. The topological polar surface area (TPSA) is 60.5 Å². The van der Waals surface area contributed by atoms with E-state index in [0.717, 1.165) is 62.5 Å². The second-order valence-electron chi connectivity index (χ2n) is 6.42. The van der Waals surface area contributed by atoms with Gasteiger partial charge in [-0.25, -0.2) is 4.79 Å². The summed E-state index contributed by atoms with van der Waals surface area (Å²) in [6, 6.07) is 5.73. The molecule has 1 aromatic carbocycles. The van der Waals surface area contributed by atoms with Crippen molar-refractivity contribution in [2.45, 2.75) is 20.4 Å². The van der Waals surface area contributed by atoms with Crippen molar-refractivity contribution in [2.75, 3.05) is 39.4 Å². The van der Waals surface area contributed by atoms with Crippen molar-refractivity contribution in [1.29, 1.82) is 0 Å². The van der Waals surface area contributed by atoms with Crippen molar-refractivity contribution in [3.63, 3.8) is 0 Å². The van der Waals surface area contributed by atoms with Gasteiger partial charge in [0.2, 0.25) is 0 Å². The highest BCUT2D eigenvalue weighted by atomic mass is 16.5. The molecule has 0 saturated carbocycles. The fourth-order valence-corrected chi connectivity index (χ4v) is 3.13. The van der Waals surface area contributed by atoms with Gasteiger partial charge >= 0.3 is 5.63 Å². The van der Waals surface area contributed by atoms with E-state index in [9.17, 15) is 4.79 Å². The highest BCUT2D eigenvalue weighted by Crippen LogP contribution is 2.20. The van der Waals surface area contributed by atoms with E-state index in [4.69, 9.17) is 9.15 Å². The maximum atomic E-state index is 11.8. The van der Waals surface area contributed by atoms with Crippen molar-refractivity contribution in [3.05, 3.63) is 45.3 Å². The molecule has 0 radical (unpaired) electrons. The van der Waals surface area contributed by atoms with Gasteiger partial charge in [0.25, 0.3) is 0 Å². The van der Waals surface area contributed by atoms with E-state index in [1.807, 2.05) is 13.0 Å². The monoisotopic (exact) mass is 318 g/mol. The molecule has 124 valence electrons. The number of morpholine rings is 1. The zero-order valence-electron chi connectivity index (χ0n) is 14.0. The molecular weight excluding hydrogens is 292 g/mol. The van der Waals surface area contributed by atoms with Crippen molar-refractivity contribution < 1.29 is 19.4 Å². The minimum absolute atomic E-state index is 0.261. The first-order valence-corrected chi connectivity index (χ1v) is 8.40. The number of quaternary nitrogens is 2. The van der Waals surface area contributed by atoms with Crippen LogP contribution in [0.3, 0.4) is 0 Å². The van der Waals surface area contributed by atoms with Crippen molar-refractivity contribution in [3.8, 4) is 0 Å². The molecule has 0 bridgehead atoms. The number of fused-ring (bicyclic) bond motifs is 1. The second kappa shape index (κ2) is 7.25. The van der Waals surface area contributed by atoms with E-state index >= 15 is 0 Å². The summed E-state index contributed by atoms with van der Waals surface area (Å²) in [7, 11) is 0. The van der Waals surface area contributed by atoms with Gasteiger partial charge in [-0.1, -0.05) is 0 Å². The lowest BCUT2D eigenvalue weighted by atomic mass is 10.0. The van der Waals surface area contributed by atoms with Crippen LogP contribution < -0.4 is 15.8 Å². The Balaban J connectivity index is 1.67. The fraction of sp³-hybridized carbons (Fsp3) is 0.500. The maximum Gasteiger partial charge on any atom is 0.336 e. The van der Waals surface area contributed by atoms with E-state index in [1.54, 1.807) is 11.0 Å². The van der Waals surface area contributed by atoms with Crippen LogP contribution in [0.25, 0.3) is 11.0 Å². The lowest BCUT2D eigenvalue weighted by Gasteiger charge is -2.22. The smallest absolute Gasteiger partial charge is 0.336 e. The summed E-state index contributed by atoms with van der Waals surface area (Å²) in [5.74, 6) is 0. The molecular formula is C18H26N2O3+2. The van der Waals surface area contributed by atoms with Crippen LogP contribution in [0.15, 0.2) is 27.4 Å². The summed E-state index contributed by atoms with van der Waals surface area (Å²) in [4.78, 5) is 13.4. The van der Waals surface area contributed by atoms with E-state index in [1.165, 1.54) is 5.56 Å². The third-order valence-corrected chi connectivity index (χ3v) is 4.71. The Bertz CT molecular complexity index is 733. The molecule has 0 spiro atoms. The number of aryl methyl sites for hydroxylation is 2. The third-order valence-electron chi connectivity index (χ3n) is 4.71. The van der Waals surface area contributed by atoms with Gasteiger partial charge in [0.15, 0.2) is 0 Å². The second-order valence-corrected chi connectivity index (χ2v) is 6.42. The van der Waals surface area contributed by atoms with Crippen LogP contribution in [-0.4, -0.2) is 39.4 Å². The minimum atomic E-state index is -0.261. The summed E-state index contributed by atoms with van der Waals surface area (Å²) in [5.41, 5.74) is 3.88. The van der Waals surface area contributed by atoms with Gasteiger partial charge in [0.1, 0.15) is 38.3 Å². The zero-order chi connectivity index (χ0) is 16.2. The number of benzene rings is 1. The lowest BCUT2D eigenvalue weighted by Crippen LogP contribution is -3.16. The van der Waals surface area contributed by atoms with Gasteiger partial charge in [-0.05, 0) is 37.1 Å². The molecule has 3 rings (SSSR count). The standard InChI is InChI=1S/C18H24N2O3/c1-13-9-16-15(11-18(21)23-17(16)10-14(13)2)12-19-3-4-20-5-7-22-8-6-20/h9-11,19H,3-8,12H2,1-2H3/p+2. The quantitative estimate of drug-likeness (QED) is 0.571. The Hall–Kier alpha value is -1.69. The Morgan fingerprint density at radius 1 is 1.13 bits per heavy atom. The van der Waals surface area contributed by atoms with Crippen LogP contribution in [0.1, 0.15) is 16.7 Å². The predicted octanol–water partition coefficient (Wildman–Crippen LogP) is -0.612. The number of nitrogens with two attached hydrogens (primary N) is 1. The van der Waals surface area contributed by atoms with Gasteiger partial charge in [-0.15, -0.1) is 0 Å². The number of rotatable bonds is 5. The normalized spacial score (nSPS) is 16.1. The molecule has 1 saturated heterocycles. The van der Waals surface area contributed by atoms with E-state index < -0.39 is 0 Å². The molecule has 0 aliphatic carbocycles. The summed E-state index contributed by atoms with van der Waals surface area (Å²) in [6.07, 6.45) is 0. The SMILES string of the molecule is Cc1cc2oc(=O)cc(C[NH2+]CC[NH+]3CCOCC3)c2cc1C. The van der Waals surface area contributed by atoms with E-state index in [2.05, 4.69) is 18.3 Å². The summed E-state index contributed by atoms with van der Waals surface area (Å²) in [5, 5.41) is 3.34. The molecule has 2 heterocycles. The highest BCUT2D eigenvalue weighted by Gasteiger charge is 2.14. The van der Waals surface area contributed by atoms with Gasteiger partial charge in [-0.3, -0.25) is 0 Å². The Labute approximate surface area is 136 Å². The summed E-state index contributed by atoms with van der Waals surface area (Å²) < 4.78 is 10.7. The molecule has 1 aromatic heterocycles. The largest absolute Gasteiger partial charge is 0.423 e. The predicted molar refractivity (Wildman–Crippen MR) is 88.8 cm³/mol. The summed E-state index contributed by atoms with van der Waals surface area (Å²) in [6.45, 7) is 11.1. The molecule has 1 aliphatic heterocycles. The molecule has 2 aromatic rings. The zero-order valence-corrected chi connectivity index (χ0v) is 14.0. The minimum Gasteiger partial charge on any atom is -0.423 e. The number of nitrogens with one attached hydrogen (secondary N) is 1. The van der Waals surface area contributed by atoms with Crippen molar-refractivity contribution in [2.24, 2.45) is 0 Å². The van der Waals surface area contributed by atoms with Crippen LogP contribution >= 0.6 is 0 Å². The van der Waals surface area contributed by atoms with Crippen LogP contribution in [0.2, 0.25) is 0 Å². The van der Waals surface area contributed by atoms with Crippen LogP contribution in [0, 0.1) is 13.8 Å². The number of hydrogen-bond acceptors (Lipinski definition) is 3. The van der Waals surface area contributed by atoms with Gasteiger partial charge in [-0.2, -0.15) is 0 Å². The van der Waals surface area contributed by atoms with Crippen LogP contribution in [0.4, 0.5) is 0 Å². The Morgan fingerprint density at radius 2 is 1.87 bits per heavy atom. The first-order valence-electron chi connectivity index (χ1n) is 8.40. The number of ether oxygens (including phenoxy) is 1. The molecule has 0 unspecified atom stereocenters. The number of hydrogen-bond donors (Lipinski definition) is 2. The van der Waals surface area contributed by atoms with Gasteiger partial charge in [0, 0.05) is 17.0 Å². The summed E-state index contributed by atoms with van der Waals surface area (Å²) >= 11 is 0. The fourth-order valence-electron chi connectivity index (χ4n) is 3.13. The average molecular weight is 318 g/mol. The molecule has 5 nitrogen and oxygen atoms in total. The highest BCUT2D eigenvalue weighted by molar-refractivity contribution is 5.81. The molecule has 0 amide bonds. The third kappa shape index (κ3) is 3.99. The van der Waals surface area contributed by atoms with Crippen LogP contribution in [-0.2, 0) is 11.3 Å². The first-order chi connectivity index (χ1) is 11.1. The van der Waals surface area contributed by atoms with Crippen molar-refractivity contribution >= 4 is 11.0 Å². The van der Waals surface area contributed by atoms with E-state index in [-0.39, 0.29) is 5.63 Å². The maximum absolute atomic E-state index is 11.8. The molecule has 23 heavy (non-hydrogen) atoms. The lowest BCUT2D eigenvalue weighted by molar-refractivity contribution is -0.920. The Kier molecular flexibility index (Phi) is 5.10. The van der Waals surface area contributed by atoms with Gasteiger partial charge in [0.05, 0.1) is 13.2 Å². The molecule has 5 heteroatoms. The molecule has 1 aliphatic rings. The van der Waals surface area contributed by atoms with Gasteiger partial charge < -0.3 is 19.4 Å².